The number of nitrogens with zero attached hydrogens (tertiary/aromatic N) is 2. The lowest BCUT2D eigenvalue weighted by Crippen LogP contribution is -2.33. The number of hydrogen-bond acceptors (Lipinski definition) is 5. The van der Waals surface area contributed by atoms with Crippen LogP contribution in [-0.4, -0.2) is 21.8 Å². The zero-order chi connectivity index (χ0) is 12.6. The van der Waals surface area contributed by atoms with Crippen molar-refractivity contribution in [2.24, 2.45) is 5.73 Å². The lowest BCUT2D eigenvalue weighted by atomic mass is 10.2. The first-order chi connectivity index (χ1) is 7.90. The van der Waals surface area contributed by atoms with Crippen LogP contribution in [0.4, 0.5) is 4.79 Å². The van der Waals surface area contributed by atoms with E-state index in [4.69, 9.17) is 15.0 Å². The monoisotopic (exact) mass is 239 g/mol. The summed E-state index contributed by atoms with van der Waals surface area (Å²) in [6.45, 7) is 6.70. The molecule has 0 atom stereocenters. The van der Waals surface area contributed by atoms with E-state index in [0.29, 0.717) is 25.4 Å². The van der Waals surface area contributed by atoms with Crippen LogP contribution < -0.4 is 5.73 Å². The van der Waals surface area contributed by atoms with Gasteiger partial charge in [-0.1, -0.05) is 5.16 Å². The van der Waals surface area contributed by atoms with E-state index < -0.39 is 5.60 Å². The first-order valence-corrected chi connectivity index (χ1v) is 5.55. The number of carbonyl (C=O) groups is 1. The van der Waals surface area contributed by atoms with Gasteiger partial charge in [-0.25, -0.2) is 4.79 Å². The van der Waals surface area contributed by atoms with E-state index in [-0.39, 0.29) is 6.09 Å². The summed E-state index contributed by atoms with van der Waals surface area (Å²) in [4.78, 5) is 13.4. The van der Waals surface area contributed by atoms with E-state index in [2.05, 4.69) is 5.16 Å². The minimum absolute atomic E-state index is 0.296. The lowest BCUT2D eigenvalue weighted by molar-refractivity contribution is 0.0236. The predicted octanol–water partition coefficient (Wildman–Crippen LogP) is 1.38. The fraction of sp³-hybridized carbons (Fsp3) is 0.636. The number of fused-ring (bicyclic) bond motifs is 1. The molecule has 0 saturated carbocycles. The maximum atomic E-state index is 11.8. The summed E-state index contributed by atoms with van der Waals surface area (Å²) in [5.41, 5.74) is 6.72. The van der Waals surface area contributed by atoms with E-state index >= 15 is 0 Å². The number of amides is 1. The van der Waals surface area contributed by atoms with Gasteiger partial charge in [-0.2, -0.15) is 0 Å². The first kappa shape index (κ1) is 11.9. The molecule has 1 aromatic rings. The zero-order valence-corrected chi connectivity index (χ0v) is 10.3. The Morgan fingerprint density at radius 2 is 2.24 bits per heavy atom. The van der Waals surface area contributed by atoms with Gasteiger partial charge < -0.3 is 15.0 Å². The van der Waals surface area contributed by atoms with Crippen LogP contribution in [0.3, 0.4) is 0 Å². The predicted molar refractivity (Wildman–Crippen MR) is 59.9 cm³/mol. The average molecular weight is 239 g/mol. The van der Waals surface area contributed by atoms with E-state index in [0.717, 1.165) is 11.3 Å². The summed E-state index contributed by atoms with van der Waals surface area (Å²) in [7, 11) is 0. The van der Waals surface area contributed by atoms with Crippen molar-refractivity contribution in [1.82, 2.24) is 10.1 Å². The van der Waals surface area contributed by atoms with Crippen LogP contribution in [0, 0.1) is 0 Å². The molecule has 2 N–H and O–H groups in total. The van der Waals surface area contributed by atoms with E-state index in [1.165, 1.54) is 0 Å². The van der Waals surface area contributed by atoms with Crippen molar-refractivity contribution in [3.8, 4) is 0 Å². The molecular weight excluding hydrogens is 222 g/mol. The Bertz CT molecular complexity index is 434. The molecule has 94 valence electrons. The molecule has 0 aliphatic carbocycles. The van der Waals surface area contributed by atoms with Crippen molar-refractivity contribution < 1.29 is 14.1 Å². The van der Waals surface area contributed by atoms with Gasteiger partial charge in [0.1, 0.15) is 11.3 Å². The molecule has 6 heteroatoms. The number of carbonyl (C=O) groups excluding carboxylic acids is 1. The molecule has 1 amide bonds. The highest BCUT2D eigenvalue weighted by molar-refractivity contribution is 5.69. The fourth-order valence-electron chi connectivity index (χ4n) is 1.73. The first-order valence-electron chi connectivity index (χ1n) is 5.55. The Morgan fingerprint density at radius 1 is 1.53 bits per heavy atom. The van der Waals surface area contributed by atoms with Crippen LogP contribution in [0.25, 0.3) is 0 Å². The van der Waals surface area contributed by atoms with Crippen LogP contribution in [0.15, 0.2) is 4.52 Å². The van der Waals surface area contributed by atoms with Gasteiger partial charge in [0.15, 0.2) is 5.76 Å². The average Bonchev–Trinajstić information content (AvgIpc) is 2.72. The molecule has 0 fully saturated rings. The molecule has 0 saturated heterocycles. The summed E-state index contributed by atoms with van der Waals surface area (Å²) in [6, 6.07) is 0. The van der Waals surface area contributed by atoms with Gasteiger partial charge >= 0.3 is 6.09 Å². The number of aromatic nitrogens is 1. The van der Waals surface area contributed by atoms with Crippen molar-refractivity contribution >= 4 is 6.09 Å². The summed E-state index contributed by atoms with van der Waals surface area (Å²) in [5.74, 6) is 0.644. The molecule has 2 rings (SSSR count). The van der Waals surface area contributed by atoms with Crippen LogP contribution in [0.1, 0.15) is 37.8 Å². The second-order valence-corrected chi connectivity index (χ2v) is 5.07. The highest BCUT2D eigenvalue weighted by atomic mass is 16.6. The van der Waals surface area contributed by atoms with Gasteiger partial charge in [0.25, 0.3) is 0 Å². The molecule has 2 heterocycles. The van der Waals surface area contributed by atoms with Crippen molar-refractivity contribution in [3.05, 3.63) is 17.0 Å². The second-order valence-electron chi connectivity index (χ2n) is 5.07. The highest BCUT2D eigenvalue weighted by Crippen LogP contribution is 2.26. The molecule has 0 unspecified atom stereocenters. The van der Waals surface area contributed by atoms with E-state index in [9.17, 15) is 4.79 Å². The molecule has 0 spiro atoms. The second kappa shape index (κ2) is 4.03. The summed E-state index contributed by atoms with van der Waals surface area (Å²) in [5, 5.41) is 3.89. The van der Waals surface area contributed by atoms with Gasteiger partial charge in [0.2, 0.25) is 0 Å². The smallest absolute Gasteiger partial charge is 0.410 e. The highest BCUT2D eigenvalue weighted by Gasteiger charge is 2.32. The molecule has 1 aliphatic rings. The molecule has 17 heavy (non-hydrogen) atoms. The Labute approximate surface area is 99.7 Å². The SMILES string of the molecule is CC(C)(C)OC(=O)N1Cc2noc(CN)c2C1. The van der Waals surface area contributed by atoms with Crippen LogP contribution >= 0.6 is 0 Å². The van der Waals surface area contributed by atoms with Crippen molar-refractivity contribution in [3.63, 3.8) is 0 Å². The van der Waals surface area contributed by atoms with Gasteiger partial charge in [-0.15, -0.1) is 0 Å². The normalized spacial score (nSPS) is 14.9. The molecular formula is C11H17N3O3. The Balaban J connectivity index is 2.05. The molecule has 0 aromatic carbocycles. The molecule has 1 aromatic heterocycles. The summed E-state index contributed by atoms with van der Waals surface area (Å²) in [6.07, 6.45) is -0.335. The molecule has 0 radical (unpaired) electrons. The maximum absolute atomic E-state index is 11.8. The maximum Gasteiger partial charge on any atom is 0.410 e. The topological polar surface area (TPSA) is 81.6 Å². The van der Waals surface area contributed by atoms with Crippen LogP contribution in [0.5, 0.6) is 0 Å². The van der Waals surface area contributed by atoms with Gasteiger partial charge in [-0.05, 0) is 20.8 Å². The lowest BCUT2D eigenvalue weighted by Gasteiger charge is -2.24. The molecule has 6 nitrogen and oxygen atoms in total. The largest absolute Gasteiger partial charge is 0.444 e. The Morgan fingerprint density at radius 3 is 2.82 bits per heavy atom. The number of nitrogens with two attached hydrogens (primary N) is 1. The quantitative estimate of drug-likeness (QED) is 0.800. The minimum atomic E-state index is -0.488. The van der Waals surface area contributed by atoms with Crippen LogP contribution in [-0.2, 0) is 24.4 Å². The van der Waals surface area contributed by atoms with Crippen molar-refractivity contribution in [2.45, 2.75) is 46.0 Å². The molecule has 1 aliphatic heterocycles. The van der Waals surface area contributed by atoms with Gasteiger partial charge in [0, 0.05) is 5.56 Å². The third-order valence-electron chi connectivity index (χ3n) is 2.48. The standard InChI is InChI=1S/C11H17N3O3/c1-11(2,3)16-10(15)14-5-7-8(6-14)13-17-9(7)4-12/h4-6,12H2,1-3H3. The van der Waals surface area contributed by atoms with Gasteiger partial charge in [0.05, 0.1) is 19.6 Å². The third kappa shape index (κ3) is 2.41. The van der Waals surface area contributed by atoms with E-state index in [1.807, 2.05) is 20.8 Å². The number of ether oxygens (including phenoxy) is 1. The number of rotatable bonds is 1. The van der Waals surface area contributed by atoms with E-state index in [1.54, 1.807) is 4.90 Å². The summed E-state index contributed by atoms with van der Waals surface area (Å²) >= 11 is 0. The molecule has 0 bridgehead atoms. The Kier molecular flexibility index (Phi) is 2.82. The van der Waals surface area contributed by atoms with Gasteiger partial charge in [-0.3, -0.25) is 4.90 Å². The van der Waals surface area contributed by atoms with Crippen molar-refractivity contribution in [1.29, 1.82) is 0 Å². The minimum Gasteiger partial charge on any atom is -0.444 e. The zero-order valence-electron chi connectivity index (χ0n) is 10.3. The van der Waals surface area contributed by atoms with Crippen molar-refractivity contribution in [2.75, 3.05) is 0 Å². The third-order valence-corrected chi connectivity index (χ3v) is 2.48. The summed E-state index contributed by atoms with van der Waals surface area (Å²) < 4.78 is 10.4. The fourth-order valence-corrected chi connectivity index (χ4v) is 1.73. The number of hydrogen-bond donors (Lipinski definition) is 1. The van der Waals surface area contributed by atoms with Crippen LogP contribution in [0.2, 0.25) is 0 Å². The Hall–Kier alpha value is -1.56.